The molecule has 1 unspecified atom stereocenters. The molecule has 1 heterocycles. The molecule has 0 N–H and O–H groups in total. The molecule has 5 rings (SSSR count). The number of anilines is 1. The van der Waals surface area contributed by atoms with Crippen molar-refractivity contribution >= 4 is 38.3 Å². The first kappa shape index (κ1) is 19.9. The minimum absolute atomic E-state index is 0.143. The van der Waals surface area contributed by atoms with E-state index in [2.05, 4.69) is 0 Å². The van der Waals surface area contributed by atoms with E-state index in [0.717, 1.165) is 21.2 Å². The number of benzene rings is 3. The van der Waals surface area contributed by atoms with Gasteiger partial charge in [-0.3, -0.25) is 9.59 Å². The largest absolute Gasteiger partial charge is 0.274 e. The van der Waals surface area contributed by atoms with Gasteiger partial charge >= 0.3 is 0 Å². The lowest BCUT2D eigenvalue weighted by Gasteiger charge is -2.27. The van der Waals surface area contributed by atoms with Crippen LogP contribution < -0.4 is 4.90 Å². The molecule has 1 aliphatic heterocycles. The van der Waals surface area contributed by atoms with Gasteiger partial charge in [0.1, 0.15) is 6.04 Å². The van der Waals surface area contributed by atoms with Crippen molar-refractivity contribution in [2.75, 3.05) is 4.90 Å². The Bertz CT molecular complexity index is 1300. The molecule has 0 bridgehead atoms. The van der Waals surface area contributed by atoms with E-state index in [1.54, 1.807) is 30.3 Å². The van der Waals surface area contributed by atoms with Crippen molar-refractivity contribution in [3.63, 3.8) is 0 Å². The normalized spacial score (nSPS) is 19.5. The molecule has 31 heavy (non-hydrogen) atoms. The highest BCUT2D eigenvalue weighted by Gasteiger charge is 2.51. The Hall–Kier alpha value is -3.03. The van der Waals surface area contributed by atoms with E-state index in [0.29, 0.717) is 18.5 Å². The fraction of sp³-hybridized carbons (Fsp3) is 0.250. The Morgan fingerprint density at radius 1 is 0.903 bits per heavy atom. The van der Waals surface area contributed by atoms with Crippen LogP contribution in [-0.4, -0.2) is 36.6 Å². The Labute approximate surface area is 181 Å². The van der Waals surface area contributed by atoms with Crippen molar-refractivity contribution in [1.82, 2.24) is 4.31 Å². The van der Waals surface area contributed by atoms with Crippen molar-refractivity contribution < 1.29 is 18.0 Å². The maximum absolute atomic E-state index is 13.6. The molecule has 3 aromatic rings. The summed E-state index contributed by atoms with van der Waals surface area (Å²) in [5.74, 6) is -0.858. The van der Waals surface area contributed by atoms with E-state index in [9.17, 15) is 18.0 Å². The second-order valence-electron chi connectivity index (χ2n) is 8.20. The molecule has 0 spiro atoms. The molecule has 6 nitrogen and oxygen atoms in total. The number of carbonyl (C=O) groups is 2. The molecule has 1 aliphatic carbocycles. The van der Waals surface area contributed by atoms with Gasteiger partial charge in [-0.1, -0.05) is 48.0 Å². The molecule has 2 amide bonds. The topological polar surface area (TPSA) is 74.8 Å². The van der Waals surface area contributed by atoms with Crippen LogP contribution in [0, 0.1) is 6.92 Å². The number of nitrogens with zero attached hydrogens (tertiary/aromatic N) is 2. The number of imide groups is 1. The fourth-order valence-corrected chi connectivity index (χ4v) is 6.04. The maximum atomic E-state index is 13.6. The summed E-state index contributed by atoms with van der Waals surface area (Å²) >= 11 is 0. The van der Waals surface area contributed by atoms with Crippen LogP contribution >= 0.6 is 0 Å². The van der Waals surface area contributed by atoms with Crippen LogP contribution in [0.2, 0.25) is 0 Å². The van der Waals surface area contributed by atoms with E-state index in [-0.39, 0.29) is 23.3 Å². The van der Waals surface area contributed by atoms with Crippen molar-refractivity contribution in [3.05, 3.63) is 72.3 Å². The second-order valence-corrected chi connectivity index (χ2v) is 10.0. The summed E-state index contributed by atoms with van der Waals surface area (Å²) in [6.45, 7) is 1.92. The Morgan fingerprint density at radius 3 is 2.26 bits per heavy atom. The van der Waals surface area contributed by atoms with Crippen molar-refractivity contribution in [2.24, 2.45) is 0 Å². The molecule has 1 saturated heterocycles. The van der Waals surface area contributed by atoms with Gasteiger partial charge in [-0.15, -0.1) is 0 Å². The van der Waals surface area contributed by atoms with E-state index >= 15 is 0 Å². The minimum Gasteiger partial charge on any atom is -0.274 e. The van der Waals surface area contributed by atoms with Gasteiger partial charge in [0.25, 0.3) is 5.91 Å². The second kappa shape index (κ2) is 7.28. The zero-order valence-corrected chi connectivity index (χ0v) is 17.9. The summed E-state index contributed by atoms with van der Waals surface area (Å²) < 4.78 is 28.5. The van der Waals surface area contributed by atoms with E-state index < -0.39 is 22.0 Å². The van der Waals surface area contributed by atoms with Gasteiger partial charge in [0.2, 0.25) is 15.9 Å². The molecule has 7 heteroatoms. The number of rotatable bonds is 5. The number of aryl methyl sites for hydroxylation is 1. The van der Waals surface area contributed by atoms with Gasteiger partial charge in [-0.25, -0.2) is 13.3 Å². The average Bonchev–Trinajstić information content (AvgIpc) is 3.54. The maximum Gasteiger partial charge on any atom is 0.252 e. The van der Waals surface area contributed by atoms with Crippen LogP contribution in [0.1, 0.15) is 24.8 Å². The van der Waals surface area contributed by atoms with Crippen molar-refractivity contribution in [2.45, 2.75) is 43.2 Å². The van der Waals surface area contributed by atoms with Crippen molar-refractivity contribution in [3.8, 4) is 0 Å². The summed E-state index contributed by atoms with van der Waals surface area (Å²) in [7, 11) is -3.95. The van der Waals surface area contributed by atoms with E-state index in [1.165, 1.54) is 4.31 Å². The molecule has 158 valence electrons. The lowest BCUT2D eigenvalue weighted by molar-refractivity contribution is -0.122. The van der Waals surface area contributed by atoms with Crippen molar-refractivity contribution in [1.29, 1.82) is 0 Å². The molecule has 1 saturated carbocycles. The van der Waals surface area contributed by atoms with Crippen LogP contribution in [0.3, 0.4) is 0 Å². The van der Waals surface area contributed by atoms with Gasteiger partial charge in [0.15, 0.2) is 0 Å². The van der Waals surface area contributed by atoms with Gasteiger partial charge < -0.3 is 0 Å². The number of sulfonamides is 1. The third-order valence-corrected chi connectivity index (χ3v) is 7.88. The molecular formula is C24H22N2O4S. The number of hydrogen-bond acceptors (Lipinski definition) is 4. The lowest BCUT2D eigenvalue weighted by Crippen LogP contribution is -2.46. The molecule has 3 aromatic carbocycles. The number of amides is 2. The van der Waals surface area contributed by atoms with Gasteiger partial charge in [-0.2, -0.15) is 4.31 Å². The zero-order valence-electron chi connectivity index (χ0n) is 17.1. The van der Waals surface area contributed by atoms with E-state index in [4.69, 9.17) is 0 Å². The number of hydrogen-bond donors (Lipinski definition) is 0. The van der Waals surface area contributed by atoms with Crippen LogP contribution in [-0.2, 0) is 19.6 Å². The molecule has 0 aromatic heterocycles. The standard InChI is InChI=1S/C24H22N2O4S/c1-16-6-9-19(10-7-16)25-23(27)15-22(24(25)28)26(20-11-12-20)31(29,30)21-13-8-17-4-2-3-5-18(17)14-21/h2-10,13-14,20,22H,11-12,15H2,1H3. The third kappa shape index (κ3) is 3.43. The van der Waals surface area contributed by atoms with Gasteiger partial charge in [0.05, 0.1) is 17.0 Å². The summed E-state index contributed by atoms with van der Waals surface area (Å²) in [4.78, 5) is 27.3. The number of fused-ring (bicyclic) bond motifs is 1. The Morgan fingerprint density at radius 2 is 1.58 bits per heavy atom. The van der Waals surface area contributed by atoms with Crippen LogP contribution in [0.5, 0.6) is 0 Å². The first-order valence-electron chi connectivity index (χ1n) is 10.3. The van der Waals surface area contributed by atoms with Gasteiger partial charge in [0, 0.05) is 6.04 Å². The summed E-state index contributed by atoms with van der Waals surface area (Å²) in [5, 5.41) is 1.76. The average molecular weight is 435 g/mol. The minimum atomic E-state index is -3.95. The third-order valence-electron chi connectivity index (χ3n) is 5.93. The number of carbonyl (C=O) groups excluding carboxylic acids is 2. The Balaban J connectivity index is 1.52. The fourth-order valence-electron chi connectivity index (χ4n) is 4.18. The summed E-state index contributed by atoms with van der Waals surface area (Å²) in [5.41, 5.74) is 1.49. The highest BCUT2D eigenvalue weighted by atomic mass is 32.2. The van der Waals surface area contributed by atoms with Crippen LogP contribution in [0.4, 0.5) is 5.69 Å². The predicted molar refractivity (Wildman–Crippen MR) is 118 cm³/mol. The van der Waals surface area contributed by atoms with Crippen LogP contribution in [0.25, 0.3) is 10.8 Å². The summed E-state index contributed by atoms with van der Waals surface area (Å²) in [6.07, 6.45) is 1.24. The monoisotopic (exact) mass is 434 g/mol. The van der Waals surface area contributed by atoms with E-state index in [1.807, 2.05) is 43.3 Å². The molecule has 0 radical (unpaired) electrons. The predicted octanol–water partition coefficient (Wildman–Crippen LogP) is 3.63. The van der Waals surface area contributed by atoms with Gasteiger partial charge in [-0.05, 0) is 54.8 Å². The smallest absolute Gasteiger partial charge is 0.252 e. The lowest BCUT2D eigenvalue weighted by atomic mass is 10.1. The molecular weight excluding hydrogens is 412 g/mol. The molecule has 2 fully saturated rings. The molecule has 1 atom stereocenters. The van der Waals surface area contributed by atoms with Crippen LogP contribution in [0.15, 0.2) is 71.6 Å². The molecule has 2 aliphatic rings. The highest BCUT2D eigenvalue weighted by molar-refractivity contribution is 7.89. The Kier molecular flexibility index (Phi) is 4.68. The quantitative estimate of drug-likeness (QED) is 0.575. The summed E-state index contributed by atoms with van der Waals surface area (Å²) in [6, 6.07) is 18.3. The highest BCUT2D eigenvalue weighted by Crippen LogP contribution is 2.38. The first-order chi connectivity index (χ1) is 14.9. The zero-order chi connectivity index (χ0) is 21.8. The SMILES string of the molecule is Cc1ccc(N2C(=O)CC(N(C3CC3)S(=O)(=O)c3ccc4ccccc4c3)C2=O)cc1. The first-order valence-corrected chi connectivity index (χ1v) is 11.8.